The van der Waals surface area contributed by atoms with Gasteiger partial charge in [-0.1, -0.05) is 18.7 Å². The fraction of sp³-hybridized carbons (Fsp3) is 0.364. The van der Waals surface area contributed by atoms with Gasteiger partial charge in [-0.05, 0) is 6.92 Å². The van der Waals surface area contributed by atoms with Crippen LogP contribution >= 0.6 is 0 Å². The van der Waals surface area contributed by atoms with E-state index < -0.39 is 0 Å². The number of carbonyl (C=O) groups is 1. The van der Waals surface area contributed by atoms with Crippen LogP contribution in [0.1, 0.15) is 6.92 Å². The molecular weight excluding hydrogens is 178 g/mol. The van der Waals surface area contributed by atoms with Gasteiger partial charge in [0.2, 0.25) is 0 Å². The molecule has 0 aromatic heterocycles. The van der Waals surface area contributed by atoms with E-state index in [9.17, 15) is 4.79 Å². The summed E-state index contributed by atoms with van der Waals surface area (Å²) in [6, 6.07) is 0. The quantitative estimate of drug-likeness (QED) is 0.305. The summed E-state index contributed by atoms with van der Waals surface area (Å²) in [5, 5.41) is 3.05. The third-order valence-electron chi connectivity index (χ3n) is 1.03. The Balaban J connectivity index is 0. The summed E-state index contributed by atoms with van der Waals surface area (Å²) in [6.07, 6.45) is 4.79. The molecule has 0 saturated carbocycles. The molecule has 0 aliphatic rings. The van der Waals surface area contributed by atoms with Gasteiger partial charge in [0.05, 0.1) is 6.61 Å². The summed E-state index contributed by atoms with van der Waals surface area (Å²) in [4.78, 5) is 10.1. The number of rotatable bonds is 6. The third kappa shape index (κ3) is 16.9. The lowest BCUT2D eigenvalue weighted by atomic mass is 10.5. The number of esters is 1. The minimum Gasteiger partial charge on any atom is -0.463 e. The SMILES string of the molecule is C=CC(=O)OCC.C=CCNCC=C. The molecule has 0 aliphatic heterocycles. The first-order valence-corrected chi connectivity index (χ1v) is 4.44. The predicted octanol–water partition coefficient (Wildman–Crippen LogP) is 1.68. The lowest BCUT2D eigenvalue weighted by Crippen LogP contribution is -2.11. The van der Waals surface area contributed by atoms with Crippen LogP contribution in [0.5, 0.6) is 0 Å². The van der Waals surface area contributed by atoms with E-state index in [4.69, 9.17) is 0 Å². The van der Waals surface area contributed by atoms with E-state index in [1.807, 2.05) is 12.2 Å². The van der Waals surface area contributed by atoms with Crippen LogP contribution in [0.3, 0.4) is 0 Å². The Kier molecular flexibility index (Phi) is 15.3. The second-order valence-corrected chi connectivity index (χ2v) is 2.19. The standard InChI is InChI=1S/C6H11N.C5H8O2/c1-3-5-7-6-4-2;1-3-5(6)7-4-2/h3-4,7H,1-2,5-6H2;3H,1,4H2,2H3. The van der Waals surface area contributed by atoms with Crippen LogP contribution in [0.4, 0.5) is 0 Å². The molecule has 0 aromatic carbocycles. The van der Waals surface area contributed by atoms with Crippen molar-refractivity contribution < 1.29 is 9.53 Å². The van der Waals surface area contributed by atoms with Gasteiger partial charge in [-0.2, -0.15) is 0 Å². The van der Waals surface area contributed by atoms with Gasteiger partial charge in [-0.3, -0.25) is 0 Å². The van der Waals surface area contributed by atoms with E-state index in [1.54, 1.807) is 6.92 Å². The minimum atomic E-state index is -0.359. The van der Waals surface area contributed by atoms with Crippen molar-refractivity contribution in [3.05, 3.63) is 38.0 Å². The first-order chi connectivity index (χ1) is 6.72. The van der Waals surface area contributed by atoms with Crippen LogP contribution in [0.2, 0.25) is 0 Å². The molecule has 0 bridgehead atoms. The molecule has 0 atom stereocenters. The van der Waals surface area contributed by atoms with E-state index in [0.717, 1.165) is 19.2 Å². The van der Waals surface area contributed by atoms with Crippen LogP contribution in [0.25, 0.3) is 0 Å². The zero-order valence-electron chi connectivity index (χ0n) is 8.79. The molecule has 3 heteroatoms. The molecule has 0 rings (SSSR count). The maximum atomic E-state index is 10.1. The fourth-order valence-corrected chi connectivity index (χ4v) is 0.489. The molecule has 0 heterocycles. The van der Waals surface area contributed by atoms with Crippen LogP contribution < -0.4 is 5.32 Å². The summed E-state index contributed by atoms with van der Waals surface area (Å²) in [5.74, 6) is -0.359. The van der Waals surface area contributed by atoms with Crippen molar-refractivity contribution in [2.75, 3.05) is 19.7 Å². The van der Waals surface area contributed by atoms with Crippen molar-refractivity contribution in [1.82, 2.24) is 5.32 Å². The van der Waals surface area contributed by atoms with Gasteiger partial charge in [0.1, 0.15) is 0 Å². The number of ether oxygens (including phenoxy) is 1. The molecule has 3 nitrogen and oxygen atoms in total. The first kappa shape index (κ1) is 15.1. The molecule has 0 unspecified atom stereocenters. The zero-order valence-corrected chi connectivity index (χ0v) is 8.79. The normalized spacial score (nSPS) is 7.79. The van der Waals surface area contributed by atoms with Gasteiger partial charge >= 0.3 is 5.97 Å². The van der Waals surface area contributed by atoms with Crippen molar-refractivity contribution in [2.24, 2.45) is 0 Å². The third-order valence-corrected chi connectivity index (χ3v) is 1.03. The molecular formula is C11H19NO2. The topological polar surface area (TPSA) is 38.3 Å². The maximum Gasteiger partial charge on any atom is 0.330 e. The second kappa shape index (κ2) is 14.2. The molecule has 0 spiro atoms. The van der Waals surface area contributed by atoms with Crippen LogP contribution in [-0.2, 0) is 9.53 Å². The fourth-order valence-electron chi connectivity index (χ4n) is 0.489. The highest BCUT2D eigenvalue weighted by Crippen LogP contribution is 1.74. The number of hydrogen-bond acceptors (Lipinski definition) is 3. The highest BCUT2D eigenvalue weighted by Gasteiger charge is 1.86. The summed E-state index contributed by atoms with van der Waals surface area (Å²) < 4.78 is 4.43. The Bertz CT molecular complexity index is 168. The van der Waals surface area contributed by atoms with Crippen molar-refractivity contribution in [3.63, 3.8) is 0 Å². The van der Waals surface area contributed by atoms with E-state index in [0.29, 0.717) is 6.61 Å². The largest absolute Gasteiger partial charge is 0.463 e. The minimum absolute atomic E-state index is 0.359. The van der Waals surface area contributed by atoms with Crippen LogP contribution in [0.15, 0.2) is 38.0 Å². The molecule has 0 fully saturated rings. The van der Waals surface area contributed by atoms with E-state index in [1.165, 1.54) is 0 Å². The molecule has 0 saturated heterocycles. The van der Waals surface area contributed by atoms with Gasteiger partial charge in [-0.25, -0.2) is 4.79 Å². The average Bonchev–Trinajstić information content (AvgIpc) is 2.20. The number of nitrogens with one attached hydrogen (secondary N) is 1. The Labute approximate surface area is 86.2 Å². The Hall–Kier alpha value is -1.35. The first-order valence-electron chi connectivity index (χ1n) is 4.44. The van der Waals surface area contributed by atoms with Crippen LogP contribution in [-0.4, -0.2) is 25.7 Å². The van der Waals surface area contributed by atoms with Crippen LogP contribution in [0, 0.1) is 0 Å². The van der Waals surface area contributed by atoms with E-state index in [-0.39, 0.29) is 5.97 Å². The lowest BCUT2D eigenvalue weighted by molar-refractivity contribution is -0.137. The average molecular weight is 197 g/mol. The van der Waals surface area contributed by atoms with Crippen molar-refractivity contribution >= 4 is 5.97 Å². The molecule has 0 aliphatic carbocycles. The Morgan fingerprint density at radius 1 is 1.29 bits per heavy atom. The number of hydrogen-bond donors (Lipinski definition) is 1. The summed E-state index contributed by atoms with van der Waals surface area (Å²) >= 11 is 0. The zero-order chi connectivity index (χ0) is 11.2. The molecule has 1 N–H and O–H groups in total. The van der Waals surface area contributed by atoms with E-state index in [2.05, 4.69) is 29.8 Å². The molecule has 0 radical (unpaired) electrons. The Morgan fingerprint density at radius 2 is 1.79 bits per heavy atom. The predicted molar refractivity (Wildman–Crippen MR) is 60.1 cm³/mol. The Morgan fingerprint density at radius 3 is 2.00 bits per heavy atom. The van der Waals surface area contributed by atoms with E-state index >= 15 is 0 Å². The van der Waals surface area contributed by atoms with Gasteiger partial charge < -0.3 is 10.1 Å². The summed E-state index contributed by atoms with van der Waals surface area (Å²) in [5.41, 5.74) is 0. The highest BCUT2D eigenvalue weighted by molar-refractivity contribution is 5.81. The molecule has 80 valence electrons. The second-order valence-electron chi connectivity index (χ2n) is 2.19. The summed E-state index contributed by atoms with van der Waals surface area (Å²) in [6.45, 7) is 14.2. The molecule has 14 heavy (non-hydrogen) atoms. The number of carbonyl (C=O) groups excluding carboxylic acids is 1. The van der Waals surface area contributed by atoms with Crippen molar-refractivity contribution in [2.45, 2.75) is 6.92 Å². The van der Waals surface area contributed by atoms with Crippen molar-refractivity contribution in [1.29, 1.82) is 0 Å². The van der Waals surface area contributed by atoms with Gasteiger partial charge in [0.15, 0.2) is 0 Å². The maximum absolute atomic E-state index is 10.1. The van der Waals surface area contributed by atoms with Gasteiger partial charge in [0.25, 0.3) is 0 Å². The molecule has 0 aromatic rings. The van der Waals surface area contributed by atoms with Gasteiger partial charge in [0, 0.05) is 19.2 Å². The smallest absolute Gasteiger partial charge is 0.330 e. The molecule has 0 amide bonds. The lowest BCUT2D eigenvalue weighted by Gasteiger charge is -1.90. The highest BCUT2D eigenvalue weighted by atomic mass is 16.5. The monoisotopic (exact) mass is 197 g/mol. The van der Waals surface area contributed by atoms with Gasteiger partial charge in [-0.15, -0.1) is 13.2 Å². The summed E-state index contributed by atoms with van der Waals surface area (Å²) in [7, 11) is 0. The van der Waals surface area contributed by atoms with Crippen molar-refractivity contribution in [3.8, 4) is 0 Å².